The van der Waals surface area contributed by atoms with E-state index in [1.54, 1.807) is 25.4 Å². The molecule has 2 aromatic heterocycles. The molecular weight excluding hydrogens is 376 g/mol. The first-order valence-electron chi connectivity index (χ1n) is 9.31. The van der Waals surface area contributed by atoms with Crippen molar-refractivity contribution in [3.63, 3.8) is 0 Å². The van der Waals surface area contributed by atoms with Gasteiger partial charge in [-0.05, 0) is 49.2 Å². The van der Waals surface area contributed by atoms with E-state index in [-0.39, 0.29) is 16.6 Å². The summed E-state index contributed by atoms with van der Waals surface area (Å²) in [4.78, 5) is 19.4. The minimum absolute atomic E-state index is 0.123. The van der Waals surface area contributed by atoms with Crippen LogP contribution in [0.4, 0.5) is 5.82 Å². The van der Waals surface area contributed by atoms with Gasteiger partial charge < -0.3 is 15.0 Å². The first-order chi connectivity index (χ1) is 13.5. The number of hydrogen-bond donors (Lipinski definition) is 1. The average Bonchev–Trinajstić information content (AvgIpc) is 2.71. The predicted molar refractivity (Wildman–Crippen MR) is 112 cm³/mol. The molecule has 0 spiro atoms. The summed E-state index contributed by atoms with van der Waals surface area (Å²) in [5.41, 5.74) is 1.60. The second-order valence-electron chi connectivity index (χ2n) is 7.28. The number of methoxy groups -OCH3 is 1. The molecule has 1 fully saturated rings. The summed E-state index contributed by atoms with van der Waals surface area (Å²) in [6, 6.07) is 13.8. The Bertz CT molecular complexity index is 1030. The van der Waals surface area contributed by atoms with Gasteiger partial charge in [-0.1, -0.05) is 29.8 Å². The summed E-state index contributed by atoms with van der Waals surface area (Å²) >= 11 is 6.33. The molecule has 0 saturated carbocycles. The molecule has 28 heavy (non-hydrogen) atoms. The van der Waals surface area contributed by atoms with Crippen LogP contribution in [0, 0.1) is 0 Å². The second-order valence-corrected chi connectivity index (χ2v) is 7.65. The molecule has 7 heteroatoms. The molecule has 1 saturated heterocycles. The van der Waals surface area contributed by atoms with Crippen LogP contribution < -0.4 is 15.6 Å². The summed E-state index contributed by atoms with van der Waals surface area (Å²) in [6.07, 6.45) is 2.61. The predicted octanol–water partition coefficient (Wildman–Crippen LogP) is 3.26. The van der Waals surface area contributed by atoms with Crippen LogP contribution in [0.5, 0.6) is 5.75 Å². The number of nitrogens with one attached hydrogen (secondary N) is 1. The smallest absolute Gasteiger partial charge is 0.278 e. The molecule has 0 amide bonds. The number of likely N-dealkylation sites (tertiary alicyclic amines) is 1. The number of ether oxygens (including phenoxy) is 1. The van der Waals surface area contributed by atoms with Crippen molar-refractivity contribution in [1.82, 2.24) is 14.3 Å². The van der Waals surface area contributed by atoms with E-state index in [1.165, 1.54) is 9.96 Å². The van der Waals surface area contributed by atoms with Crippen molar-refractivity contribution in [3.8, 4) is 5.75 Å². The molecule has 3 aromatic rings. The Hall–Kier alpha value is -2.57. The van der Waals surface area contributed by atoms with E-state index in [2.05, 4.69) is 34.4 Å². The summed E-state index contributed by atoms with van der Waals surface area (Å²) in [6.45, 7) is 1.84. The Morgan fingerprint density at radius 1 is 1.18 bits per heavy atom. The Balaban J connectivity index is 1.58. The highest BCUT2D eigenvalue weighted by Gasteiger charge is 2.27. The van der Waals surface area contributed by atoms with E-state index in [1.807, 2.05) is 18.2 Å². The van der Waals surface area contributed by atoms with Gasteiger partial charge >= 0.3 is 0 Å². The van der Waals surface area contributed by atoms with Gasteiger partial charge in [-0.3, -0.25) is 9.20 Å². The van der Waals surface area contributed by atoms with Crippen molar-refractivity contribution in [3.05, 3.63) is 69.6 Å². The summed E-state index contributed by atoms with van der Waals surface area (Å²) in [5.74, 6) is 1.68. The molecule has 2 atom stereocenters. The average molecular weight is 399 g/mol. The zero-order chi connectivity index (χ0) is 19.7. The van der Waals surface area contributed by atoms with Crippen LogP contribution in [-0.2, 0) is 0 Å². The number of anilines is 1. The number of halogens is 1. The molecule has 4 rings (SSSR count). The molecule has 0 radical (unpaired) electrons. The minimum atomic E-state index is -0.259. The van der Waals surface area contributed by atoms with Gasteiger partial charge in [0.1, 0.15) is 16.4 Å². The monoisotopic (exact) mass is 398 g/mol. The van der Waals surface area contributed by atoms with E-state index in [9.17, 15) is 4.79 Å². The lowest BCUT2D eigenvalue weighted by atomic mass is 9.88. The van der Waals surface area contributed by atoms with Crippen LogP contribution in [0.15, 0.2) is 53.5 Å². The number of hydrogen-bond acceptors (Lipinski definition) is 5. The standard InChI is InChI=1S/C21H23ClN4O2/c1-25-12-15(14-6-8-17(28-2)9-7-14)11-16(13-25)23-20-19(22)21(27)26-10-4-3-5-18(26)24-20/h3-10,15-16,23H,11-13H2,1-2H3. The molecule has 1 N–H and O–H groups in total. The van der Waals surface area contributed by atoms with Gasteiger partial charge in [-0.15, -0.1) is 0 Å². The molecule has 6 nitrogen and oxygen atoms in total. The number of nitrogens with zero attached hydrogens (tertiary/aromatic N) is 3. The maximum absolute atomic E-state index is 12.5. The normalized spacial score (nSPS) is 20.2. The highest BCUT2D eigenvalue weighted by atomic mass is 35.5. The Kier molecular flexibility index (Phi) is 5.24. The van der Waals surface area contributed by atoms with Crippen molar-refractivity contribution in [2.24, 2.45) is 0 Å². The van der Waals surface area contributed by atoms with Crippen molar-refractivity contribution in [2.75, 3.05) is 32.6 Å². The van der Waals surface area contributed by atoms with Gasteiger partial charge in [-0.25, -0.2) is 4.98 Å². The van der Waals surface area contributed by atoms with E-state index < -0.39 is 0 Å². The lowest BCUT2D eigenvalue weighted by Crippen LogP contribution is -2.43. The summed E-state index contributed by atoms with van der Waals surface area (Å²) < 4.78 is 6.72. The van der Waals surface area contributed by atoms with Crippen LogP contribution in [0.1, 0.15) is 17.9 Å². The Morgan fingerprint density at radius 2 is 1.96 bits per heavy atom. The third-order valence-corrected chi connectivity index (χ3v) is 5.58. The van der Waals surface area contributed by atoms with E-state index in [4.69, 9.17) is 16.3 Å². The highest BCUT2D eigenvalue weighted by molar-refractivity contribution is 6.32. The van der Waals surface area contributed by atoms with Gasteiger partial charge in [-0.2, -0.15) is 0 Å². The molecule has 2 unspecified atom stereocenters. The van der Waals surface area contributed by atoms with Crippen LogP contribution in [-0.4, -0.2) is 47.6 Å². The summed E-state index contributed by atoms with van der Waals surface area (Å²) in [7, 11) is 3.78. The Morgan fingerprint density at radius 3 is 2.71 bits per heavy atom. The number of rotatable bonds is 4. The van der Waals surface area contributed by atoms with Gasteiger partial charge in [0.2, 0.25) is 0 Å². The van der Waals surface area contributed by atoms with Gasteiger partial charge in [0.05, 0.1) is 7.11 Å². The van der Waals surface area contributed by atoms with Gasteiger partial charge in [0, 0.05) is 25.3 Å². The lowest BCUT2D eigenvalue weighted by molar-refractivity contribution is 0.235. The lowest BCUT2D eigenvalue weighted by Gasteiger charge is -2.36. The molecule has 1 aromatic carbocycles. The minimum Gasteiger partial charge on any atom is -0.497 e. The van der Waals surface area contributed by atoms with Crippen LogP contribution >= 0.6 is 11.6 Å². The molecular formula is C21H23ClN4O2. The number of benzene rings is 1. The molecule has 1 aliphatic heterocycles. The van der Waals surface area contributed by atoms with Gasteiger partial charge in [0.15, 0.2) is 5.82 Å². The fraction of sp³-hybridized carbons (Fsp3) is 0.333. The molecule has 146 valence electrons. The van der Waals surface area contributed by atoms with E-state index in [0.29, 0.717) is 17.4 Å². The third kappa shape index (κ3) is 3.70. The van der Waals surface area contributed by atoms with Crippen LogP contribution in [0.3, 0.4) is 0 Å². The fourth-order valence-corrected chi connectivity index (χ4v) is 4.09. The van der Waals surface area contributed by atoms with Crippen LogP contribution in [0.2, 0.25) is 5.02 Å². The largest absolute Gasteiger partial charge is 0.497 e. The highest BCUT2D eigenvalue weighted by Crippen LogP contribution is 2.30. The first kappa shape index (κ1) is 18.8. The van der Waals surface area contributed by atoms with Crippen molar-refractivity contribution in [1.29, 1.82) is 0 Å². The van der Waals surface area contributed by atoms with Crippen molar-refractivity contribution >= 4 is 23.1 Å². The van der Waals surface area contributed by atoms with Crippen molar-refractivity contribution in [2.45, 2.75) is 18.4 Å². The third-order valence-electron chi connectivity index (χ3n) is 5.24. The number of fused-ring (bicyclic) bond motifs is 1. The molecule has 3 heterocycles. The topological polar surface area (TPSA) is 58.9 Å². The van der Waals surface area contributed by atoms with Crippen LogP contribution in [0.25, 0.3) is 5.65 Å². The zero-order valence-electron chi connectivity index (χ0n) is 15.9. The quantitative estimate of drug-likeness (QED) is 0.731. The number of pyridine rings is 1. The summed E-state index contributed by atoms with van der Waals surface area (Å²) in [5, 5.41) is 3.54. The molecule has 1 aliphatic rings. The number of likely N-dealkylation sites (N-methyl/N-ethyl adjacent to an activating group) is 1. The zero-order valence-corrected chi connectivity index (χ0v) is 16.7. The second kappa shape index (κ2) is 7.81. The maximum Gasteiger partial charge on any atom is 0.278 e. The maximum atomic E-state index is 12.5. The Labute approximate surface area is 168 Å². The van der Waals surface area contributed by atoms with E-state index >= 15 is 0 Å². The molecule has 0 aliphatic carbocycles. The number of aromatic nitrogens is 2. The first-order valence-corrected chi connectivity index (χ1v) is 9.69. The number of piperidine rings is 1. The van der Waals surface area contributed by atoms with Gasteiger partial charge in [0.25, 0.3) is 5.56 Å². The molecule has 0 bridgehead atoms. The van der Waals surface area contributed by atoms with E-state index in [0.717, 1.165) is 25.3 Å². The van der Waals surface area contributed by atoms with Crippen molar-refractivity contribution < 1.29 is 4.74 Å². The SMILES string of the molecule is COc1ccc(C2CC(Nc3nc4ccccn4c(=O)c3Cl)CN(C)C2)cc1. The fourth-order valence-electron chi connectivity index (χ4n) is 3.90.